The molecule has 8 heteroatoms. The second kappa shape index (κ2) is 10.8. The molecular weight excluding hydrogens is 358 g/mol. The maximum Gasteiger partial charge on any atom is 0.407 e. The molecule has 1 aliphatic heterocycles. The molecule has 0 radical (unpaired) electrons. The van der Waals surface area contributed by atoms with Gasteiger partial charge >= 0.3 is 6.09 Å². The van der Waals surface area contributed by atoms with E-state index in [0.717, 1.165) is 5.56 Å². The molecule has 1 heterocycles. The fraction of sp³-hybridized carbons (Fsp3) is 0.579. The molecule has 2 rings (SSSR count). The summed E-state index contributed by atoms with van der Waals surface area (Å²) in [4.78, 5) is 23.0. The SMILES string of the molecule is CC(C)(C)OC=O.CN1CC(NC(=O)OCc2ccccc2)C(C(F)F)C1. The van der Waals surface area contributed by atoms with Crippen LogP contribution in [0.4, 0.5) is 13.6 Å². The van der Waals surface area contributed by atoms with Crippen LogP contribution in [0, 0.1) is 5.92 Å². The number of rotatable bonds is 5. The number of benzene rings is 1. The summed E-state index contributed by atoms with van der Waals surface area (Å²) >= 11 is 0. The van der Waals surface area contributed by atoms with Gasteiger partial charge in [0.25, 0.3) is 6.47 Å². The van der Waals surface area contributed by atoms with Crippen molar-refractivity contribution in [3.05, 3.63) is 35.9 Å². The lowest BCUT2D eigenvalue weighted by atomic mass is 10.1. The molecular formula is C19H28F2N2O4. The molecule has 0 aliphatic carbocycles. The number of ether oxygens (including phenoxy) is 2. The summed E-state index contributed by atoms with van der Waals surface area (Å²) in [6.07, 6.45) is -3.10. The summed E-state index contributed by atoms with van der Waals surface area (Å²) < 4.78 is 35.3. The quantitative estimate of drug-likeness (QED) is 0.788. The van der Waals surface area contributed by atoms with Crippen molar-refractivity contribution in [2.24, 2.45) is 5.92 Å². The van der Waals surface area contributed by atoms with E-state index >= 15 is 0 Å². The zero-order valence-electron chi connectivity index (χ0n) is 16.2. The number of alkyl carbamates (subject to hydrolysis) is 1. The third-order valence-electron chi connectivity index (χ3n) is 3.79. The van der Waals surface area contributed by atoms with Crippen LogP contribution in [-0.4, -0.2) is 55.7 Å². The van der Waals surface area contributed by atoms with Crippen molar-refractivity contribution in [1.29, 1.82) is 0 Å². The first-order valence-electron chi connectivity index (χ1n) is 8.67. The van der Waals surface area contributed by atoms with Crippen LogP contribution in [-0.2, 0) is 20.9 Å². The Kier molecular flexibility index (Phi) is 9.14. The van der Waals surface area contributed by atoms with Crippen LogP contribution in [0.15, 0.2) is 30.3 Å². The van der Waals surface area contributed by atoms with Crippen molar-refractivity contribution in [3.63, 3.8) is 0 Å². The van der Waals surface area contributed by atoms with Crippen LogP contribution < -0.4 is 5.32 Å². The summed E-state index contributed by atoms with van der Waals surface area (Å²) in [7, 11) is 1.76. The number of carbonyl (C=O) groups excluding carboxylic acids is 2. The number of alkyl halides is 2. The summed E-state index contributed by atoms with van der Waals surface area (Å²) in [6, 6.07) is 8.65. The molecule has 0 spiro atoms. The molecule has 2 unspecified atom stereocenters. The largest absolute Gasteiger partial charge is 0.462 e. The zero-order chi connectivity index (χ0) is 20.4. The van der Waals surface area contributed by atoms with E-state index in [1.165, 1.54) is 0 Å². The number of halogens is 2. The maximum atomic E-state index is 12.8. The fourth-order valence-electron chi connectivity index (χ4n) is 2.50. The van der Waals surface area contributed by atoms with Gasteiger partial charge in [-0.15, -0.1) is 0 Å². The lowest BCUT2D eigenvalue weighted by Crippen LogP contribution is -2.42. The van der Waals surface area contributed by atoms with Gasteiger partial charge in [-0.2, -0.15) is 0 Å². The maximum absolute atomic E-state index is 12.8. The van der Waals surface area contributed by atoms with E-state index in [-0.39, 0.29) is 18.8 Å². The number of amides is 1. The minimum absolute atomic E-state index is 0.134. The number of likely N-dealkylation sites (tertiary alicyclic amines) is 1. The summed E-state index contributed by atoms with van der Waals surface area (Å²) in [5.74, 6) is -0.843. The molecule has 0 saturated carbocycles. The van der Waals surface area contributed by atoms with Crippen LogP contribution in [0.5, 0.6) is 0 Å². The van der Waals surface area contributed by atoms with Crippen molar-refractivity contribution < 1.29 is 27.8 Å². The number of nitrogens with zero attached hydrogens (tertiary/aromatic N) is 1. The average Bonchev–Trinajstić information content (AvgIpc) is 2.94. The monoisotopic (exact) mass is 386 g/mol. The molecule has 1 N–H and O–H groups in total. The Hall–Kier alpha value is -2.22. The van der Waals surface area contributed by atoms with Gasteiger partial charge in [0, 0.05) is 13.1 Å². The van der Waals surface area contributed by atoms with E-state index in [4.69, 9.17) is 4.74 Å². The standard InChI is InChI=1S/C14H18F2N2O2.C5H10O2/c1-18-7-11(13(15)16)12(8-18)17-14(19)20-9-10-5-3-2-4-6-10;1-5(2,3)7-4-6/h2-6,11-13H,7-9H2,1H3,(H,17,19);4H,1-3H3. The van der Waals surface area contributed by atoms with Gasteiger partial charge in [-0.25, -0.2) is 13.6 Å². The lowest BCUT2D eigenvalue weighted by Gasteiger charge is -2.18. The third kappa shape index (κ3) is 9.33. The minimum Gasteiger partial charge on any atom is -0.462 e. The first-order chi connectivity index (χ1) is 12.6. The topological polar surface area (TPSA) is 67.9 Å². The molecule has 0 bridgehead atoms. The van der Waals surface area contributed by atoms with E-state index in [2.05, 4.69) is 10.1 Å². The molecule has 1 aromatic rings. The van der Waals surface area contributed by atoms with E-state index in [9.17, 15) is 18.4 Å². The lowest BCUT2D eigenvalue weighted by molar-refractivity contribution is -0.138. The van der Waals surface area contributed by atoms with E-state index in [1.54, 1.807) is 11.9 Å². The number of hydrogen-bond acceptors (Lipinski definition) is 5. The van der Waals surface area contributed by atoms with Crippen LogP contribution in [0.1, 0.15) is 26.3 Å². The van der Waals surface area contributed by atoms with Gasteiger partial charge in [0.2, 0.25) is 6.43 Å². The van der Waals surface area contributed by atoms with Gasteiger partial charge in [0.05, 0.1) is 12.0 Å². The van der Waals surface area contributed by atoms with Crippen LogP contribution >= 0.6 is 0 Å². The second-order valence-electron chi connectivity index (χ2n) is 7.36. The second-order valence-corrected chi connectivity index (χ2v) is 7.36. The Morgan fingerprint density at radius 1 is 1.30 bits per heavy atom. The normalized spacial score (nSPS) is 19.8. The molecule has 1 saturated heterocycles. The number of hydrogen-bond donors (Lipinski definition) is 1. The highest BCUT2D eigenvalue weighted by molar-refractivity contribution is 5.67. The highest BCUT2D eigenvalue weighted by atomic mass is 19.3. The van der Waals surface area contributed by atoms with Crippen molar-refractivity contribution in [2.45, 2.75) is 45.4 Å². The zero-order valence-corrected chi connectivity index (χ0v) is 16.2. The molecule has 1 amide bonds. The number of nitrogens with one attached hydrogen (secondary N) is 1. The van der Waals surface area contributed by atoms with Gasteiger partial charge < -0.3 is 19.7 Å². The Morgan fingerprint density at radius 2 is 1.93 bits per heavy atom. The Bertz CT molecular complexity index is 579. The number of carbonyl (C=O) groups is 2. The minimum atomic E-state index is -2.45. The molecule has 27 heavy (non-hydrogen) atoms. The molecule has 152 valence electrons. The summed E-state index contributed by atoms with van der Waals surface area (Å²) in [6.45, 7) is 6.75. The molecule has 0 aromatic heterocycles. The summed E-state index contributed by atoms with van der Waals surface area (Å²) in [5, 5.41) is 2.53. The Morgan fingerprint density at radius 3 is 2.41 bits per heavy atom. The molecule has 1 aliphatic rings. The van der Waals surface area contributed by atoms with E-state index in [0.29, 0.717) is 13.0 Å². The summed E-state index contributed by atoms with van der Waals surface area (Å²) in [5.41, 5.74) is 0.540. The molecule has 6 nitrogen and oxygen atoms in total. The molecule has 2 atom stereocenters. The predicted octanol–water partition coefficient (Wildman–Crippen LogP) is 3.07. The van der Waals surface area contributed by atoms with Gasteiger partial charge in [-0.3, -0.25) is 4.79 Å². The first kappa shape index (κ1) is 22.8. The van der Waals surface area contributed by atoms with Crippen LogP contribution in [0.2, 0.25) is 0 Å². The molecule has 1 fully saturated rings. The van der Waals surface area contributed by atoms with Crippen molar-refractivity contribution in [3.8, 4) is 0 Å². The highest BCUT2D eigenvalue weighted by Gasteiger charge is 2.38. The first-order valence-corrected chi connectivity index (χ1v) is 8.67. The predicted molar refractivity (Wildman–Crippen MR) is 97.4 cm³/mol. The van der Waals surface area contributed by atoms with Crippen molar-refractivity contribution in [1.82, 2.24) is 10.2 Å². The van der Waals surface area contributed by atoms with E-state index < -0.39 is 24.5 Å². The highest BCUT2D eigenvalue weighted by Crippen LogP contribution is 2.22. The Labute approximate surface area is 158 Å². The average molecular weight is 386 g/mol. The van der Waals surface area contributed by atoms with Crippen molar-refractivity contribution >= 4 is 12.6 Å². The van der Waals surface area contributed by atoms with Gasteiger partial charge in [0.15, 0.2) is 0 Å². The van der Waals surface area contributed by atoms with Gasteiger partial charge in [0.1, 0.15) is 12.2 Å². The van der Waals surface area contributed by atoms with E-state index in [1.807, 2.05) is 51.1 Å². The van der Waals surface area contributed by atoms with Crippen LogP contribution in [0.3, 0.4) is 0 Å². The third-order valence-corrected chi connectivity index (χ3v) is 3.79. The van der Waals surface area contributed by atoms with Gasteiger partial charge in [-0.1, -0.05) is 30.3 Å². The smallest absolute Gasteiger partial charge is 0.407 e. The van der Waals surface area contributed by atoms with Gasteiger partial charge in [-0.05, 0) is 33.4 Å². The van der Waals surface area contributed by atoms with Crippen LogP contribution in [0.25, 0.3) is 0 Å². The molecule has 1 aromatic carbocycles. The fourth-order valence-corrected chi connectivity index (χ4v) is 2.50. The van der Waals surface area contributed by atoms with Crippen molar-refractivity contribution in [2.75, 3.05) is 20.1 Å². The Balaban J connectivity index is 0.000000445. The number of likely N-dealkylation sites (N-methyl/N-ethyl adjacent to an activating group) is 1.